The molecule has 2 N–H and O–H groups in total. The first-order valence-corrected chi connectivity index (χ1v) is 7.96. The van der Waals surface area contributed by atoms with E-state index in [1.807, 2.05) is 23.4 Å². The molecule has 4 rings (SSSR count). The van der Waals surface area contributed by atoms with E-state index in [9.17, 15) is 4.79 Å². The zero-order chi connectivity index (χ0) is 15.6. The van der Waals surface area contributed by atoms with Gasteiger partial charge in [0, 0.05) is 24.4 Å². The Morgan fingerprint density at radius 1 is 1.45 bits per heavy atom. The SMILES string of the molecule is C[C@]12CC[C@H]3C[C@@]1(C(N)=O)N(/N=C\c1ccncc1)C[C@@]32C. The Hall–Kier alpha value is -1.91. The monoisotopic (exact) mass is 298 g/mol. The van der Waals surface area contributed by atoms with Crippen LogP contribution in [-0.4, -0.2) is 34.2 Å². The molecule has 0 radical (unpaired) electrons. The number of rotatable bonds is 3. The van der Waals surface area contributed by atoms with Crippen LogP contribution in [0.15, 0.2) is 29.6 Å². The zero-order valence-electron chi connectivity index (χ0n) is 13.1. The van der Waals surface area contributed by atoms with Gasteiger partial charge in [-0.1, -0.05) is 13.8 Å². The molecule has 0 unspecified atom stereocenters. The molecule has 4 atom stereocenters. The van der Waals surface area contributed by atoms with E-state index in [1.165, 1.54) is 6.42 Å². The molecule has 1 aromatic rings. The summed E-state index contributed by atoms with van der Waals surface area (Å²) in [7, 11) is 0. The number of carbonyl (C=O) groups is 1. The highest BCUT2D eigenvalue weighted by atomic mass is 16.2. The Bertz CT molecular complexity index is 660. The lowest BCUT2D eigenvalue weighted by atomic mass is 9.65. The molecular weight excluding hydrogens is 276 g/mol. The lowest BCUT2D eigenvalue weighted by Crippen LogP contribution is -2.60. The van der Waals surface area contributed by atoms with Gasteiger partial charge in [-0.05, 0) is 48.3 Å². The van der Waals surface area contributed by atoms with Crippen molar-refractivity contribution >= 4 is 12.1 Å². The minimum absolute atomic E-state index is 0.0634. The maximum atomic E-state index is 12.4. The van der Waals surface area contributed by atoms with Crippen LogP contribution < -0.4 is 5.73 Å². The van der Waals surface area contributed by atoms with Crippen LogP contribution >= 0.6 is 0 Å². The minimum atomic E-state index is -0.617. The number of aromatic nitrogens is 1. The maximum Gasteiger partial charge on any atom is 0.245 e. The Labute approximate surface area is 130 Å². The summed E-state index contributed by atoms with van der Waals surface area (Å²) < 4.78 is 0. The van der Waals surface area contributed by atoms with Crippen LogP contribution in [0.4, 0.5) is 0 Å². The van der Waals surface area contributed by atoms with Crippen LogP contribution in [0.2, 0.25) is 0 Å². The van der Waals surface area contributed by atoms with Gasteiger partial charge in [0.25, 0.3) is 0 Å². The number of hydrogen-bond donors (Lipinski definition) is 1. The number of piperidine rings is 1. The van der Waals surface area contributed by atoms with Gasteiger partial charge in [0.15, 0.2) is 0 Å². The highest BCUT2D eigenvalue weighted by molar-refractivity contribution is 5.88. The van der Waals surface area contributed by atoms with E-state index in [4.69, 9.17) is 5.73 Å². The van der Waals surface area contributed by atoms with Crippen molar-refractivity contribution in [3.05, 3.63) is 30.1 Å². The molecule has 0 aromatic carbocycles. The standard InChI is InChI=1S/C17H22N4O/c1-15-11-21(20-10-12-4-7-19-8-5-12)17(14(18)22)9-13(15)3-6-16(15,17)2/h4-5,7-8,10,13H,3,6,9,11H2,1-2H3,(H2,18,22)/b20-10-/t13-,15-,16+,17-/m0/s1. The van der Waals surface area contributed by atoms with E-state index in [1.54, 1.807) is 12.4 Å². The Morgan fingerprint density at radius 2 is 2.18 bits per heavy atom. The third-order valence-corrected chi connectivity index (χ3v) is 6.99. The smallest absolute Gasteiger partial charge is 0.245 e. The average molecular weight is 298 g/mol. The van der Waals surface area contributed by atoms with Crippen molar-refractivity contribution in [1.82, 2.24) is 9.99 Å². The largest absolute Gasteiger partial charge is 0.368 e. The van der Waals surface area contributed by atoms with Gasteiger partial charge in [0.1, 0.15) is 5.54 Å². The van der Waals surface area contributed by atoms with Gasteiger partial charge in [-0.2, -0.15) is 5.10 Å². The number of pyridine rings is 1. The molecule has 22 heavy (non-hydrogen) atoms. The van der Waals surface area contributed by atoms with E-state index >= 15 is 0 Å². The van der Waals surface area contributed by atoms with Gasteiger partial charge < -0.3 is 5.73 Å². The van der Waals surface area contributed by atoms with Crippen LogP contribution in [0.5, 0.6) is 0 Å². The van der Waals surface area contributed by atoms with E-state index < -0.39 is 5.54 Å². The molecule has 3 aliphatic rings. The van der Waals surface area contributed by atoms with Crippen LogP contribution in [-0.2, 0) is 4.79 Å². The molecule has 2 heterocycles. The molecule has 1 aromatic heterocycles. The van der Waals surface area contributed by atoms with E-state index in [2.05, 4.69) is 23.9 Å². The number of nitrogens with zero attached hydrogens (tertiary/aromatic N) is 3. The summed E-state index contributed by atoms with van der Waals surface area (Å²) >= 11 is 0. The van der Waals surface area contributed by atoms with Crippen LogP contribution in [0.3, 0.4) is 0 Å². The highest BCUT2D eigenvalue weighted by Crippen LogP contribution is 2.75. The molecule has 3 fully saturated rings. The number of hydrogen-bond acceptors (Lipinski definition) is 4. The molecular formula is C17H22N4O. The maximum absolute atomic E-state index is 12.4. The quantitative estimate of drug-likeness (QED) is 0.865. The third kappa shape index (κ3) is 1.33. The molecule has 1 saturated heterocycles. The molecule has 1 amide bonds. The van der Waals surface area contributed by atoms with Crippen molar-refractivity contribution in [2.75, 3.05) is 6.54 Å². The fourth-order valence-corrected chi connectivity index (χ4v) is 5.47. The minimum Gasteiger partial charge on any atom is -0.368 e. The number of primary amides is 1. The average Bonchev–Trinajstić information content (AvgIpc) is 2.95. The first kappa shape index (κ1) is 13.7. The van der Waals surface area contributed by atoms with Gasteiger partial charge in [-0.25, -0.2) is 0 Å². The lowest BCUT2D eigenvalue weighted by Gasteiger charge is -2.44. The Balaban J connectivity index is 1.74. The number of hydrazone groups is 1. The van der Waals surface area contributed by atoms with Crippen molar-refractivity contribution in [2.45, 2.75) is 38.6 Å². The second-order valence-corrected chi connectivity index (χ2v) is 7.50. The molecule has 2 aliphatic carbocycles. The van der Waals surface area contributed by atoms with Crippen LogP contribution in [0.25, 0.3) is 0 Å². The fourth-order valence-electron chi connectivity index (χ4n) is 5.47. The van der Waals surface area contributed by atoms with E-state index in [-0.39, 0.29) is 16.7 Å². The number of nitrogens with two attached hydrogens (primary N) is 1. The van der Waals surface area contributed by atoms with E-state index in [0.717, 1.165) is 24.9 Å². The summed E-state index contributed by atoms with van der Waals surface area (Å²) in [5, 5.41) is 6.64. The van der Waals surface area contributed by atoms with Gasteiger partial charge in [0.05, 0.1) is 6.21 Å². The lowest BCUT2D eigenvalue weighted by molar-refractivity contribution is -0.135. The summed E-state index contributed by atoms with van der Waals surface area (Å²) in [4.78, 5) is 16.4. The third-order valence-electron chi connectivity index (χ3n) is 6.99. The fraction of sp³-hybridized carbons (Fsp3) is 0.588. The molecule has 5 nitrogen and oxygen atoms in total. The predicted octanol–water partition coefficient (Wildman–Crippen LogP) is 1.78. The highest BCUT2D eigenvalue weighted by Gasteiger charge is 2.80. The van der Waals surface area contributed by atoms with Crippen molar-refractivity contribution in [2.24, 2.45) is 27.6 Å². The van der Waals surface area contributed by atoms with Gasteiger partial charge in [0.2, 0.25) is 5.91 Å². The summed E-state index contributed by atoms with van der Waals surface area (Å²) in [5.74, 6) is 0.380. The summed E-state index contributed by atoms with van der Waals surface area (Å²) in [6.45, 7) is 5.38. The summed E-state index contributed by atoms with van der Waals surface area (Å²) in [6.07, 6.45) is 8.43. The number of carbonyl (C=O) groups excluding carboxylic acids is 1. The normalized spacial score (nSPS) is 42.5. The number of amides is 1. The second kappa shape index (κ2) is 4.09. The predicted molar refractivity (Wildman–Crippen MR) is 84.0 cm³/mol. The van der Waals surface area contributed by atoms with Gasteiger partial charge in [-0.15, -0.1) is 0 Å². The van der Waals surface area contributed by atoms with Crippen molar-refractivity contribution < 1.29 is 4.79 Å². The van der Waals surface area contributed by atoms with Crippen LogP contribution in [0, 0.1) is 16.7 Å². The molecule has 5 heteroatoms. The van der Waals surface area contributed by atoms with Gasteiger partial charge in [-0.3, -0.25) is 14.8 Å². The first-order valence-electron chi connectivity index (χ1n) is 7.96. The van der Waals surface area contributed by atoms with Crippen molar-refractivity contribution in [1.29, 1.82) is 0 Å². The molecule has 1 aliphatic heterocycles. The molecule has 2 saturated carbocycles. The van der Waals surface area contributed by atoms with Crippen LogP contribution in [0.1, 0.15) is 38.7 Å². The van der Waals surface area contributed by atoms with Crippen molar-refractivity contribution in [3.8, 4) is 0 Å². The zero-order valence-corrected chi connectivity index (χ0v) is 13.1. The summed E-state index contributed by atoms with van der Waals surface area (Å²) in [5.41, 5.74) is 6.34. The molecule has 4 bridgehead atoms. The van der Waals surface area contributed by atoms with Gasteiger partial charge >= 0.3 is 0 Å². The van der Waals surface area contributed by atoms with Crippen molar-refractivity contribution in [3.63, 3.8) is 0 Å². The second-order valence-electron chi connectivity index (χ2n) is 7.50. The topological polar surface area (TPSA) is 71.6 Å². The molecule has 116 valence electrons. The Morgan fingerprint density at radius 3 is 2.82 bits per heavy atom. The van der Waals surface area contributed by atoms with E-state index in [0.29, 0.717) is 5.92 Å². The Kier molecular flexibility index (Phi) is 2.55. The molecule has 0 spiro atoms. The summed E-state index contributed by atoms with van der Waals surface area (Å²) in [6, 6.07) is 3.81. The first-order chi connectivity index (χ1) is 10.4.